The van der Waals surface area contributed by atoms with Crippen molar-refractivity contribution in [3.05, 3.63) is 65.7 Å². The largest absolute Gasteiger partial charge is 0.381 e. The second-order valence-corrected chi connectivity index (χ2v) is 7.84. The summed E-state index contributed by atoms with van der Waals surface area (Å²) < 4.78 is 60.4. The normalized spacial score (nSPS) is 17.4. The average Bonchev–Trinajstić information content (AvgIpc) is 2.61. The van der Waals surface area contributed by atoms with Gasteiger partial charge in [0.2, 0.25) is 10.0 Å². The molecule has 0 spiro atoms. The van der Waals surface area contributed by atoms with Gasteiger partial charge in [0.15, 0.2) is 4.90 Å². The summed E-state index contributed by atoms with van der Waals surface area (Å²) in [5.74, 6) is -2.21. The van der Waals surface area contributed by atoms with Crippen LogP contribution < -0.4 is 4.72 Å². The Morgan fingerprint density at radius 2 is 1.56 bits per heavy atom. The zero-order chi connectivity index (χ0) is 17.9. The smallest absolute Gasteiger partial charge is 0.246 e. The Bertz CT molecular complexity index is 814. The van der Waals surface area contributed by atoms with Crippen LogP contribution >= 0.6 is 0 Å². The molecule has 1 fully saturated rings. The highest BCUT2D eigenvalue weighted by molar-refractivity contribution is 7.89. The van der Waals surface area contributed by atoms with Crippen LogP contribution in [0.5, 0.6) is 0 Å². The van der Waals surface area contributed by atoms with Gasteiger partial charge >= 0.3 is 0 Å². The van der Waals surface area contributed by atoms with Crippen molar-refractivity contribution in [3.63, 3.8) is 0 Å². The molecule has 1 aliphatic rings. The van der Waals surface area contributed by atoms with Gasteiger partial charge in [-0.25, -0.2) is 21.9 Å². The van der Waals surface area contributed by atoms with Crippen LogP contribution in [0.3, 0.4) is 0 Å². The molecular formula is C18H19F2NO3S. The summed E-state index contributed by atoms with van der Waals surface area (Å²) >= 11 is 0. The molecule has 0 unspecified atom stereocenters. The van der Waals surface area contributed by atoms with Crippen LogP contribution in [-0.4, -0.2) is 28.2 Å². The summed E-state index contributed by atoms with van der Waals surface area (Å²) in [7, 11) is -4.31. The zero-order valence-corrected chi connectivity index (χ0v) is 14.4. The summed E-state index contributed by atoms with van der Waals surface area (Å²) in [5, 5.41) is 0. The number of hydrogen-bond donors (Lipinski definition) is 1. The van der Waals surface area contributed by atoms with Crippen LogP contribution in [-0.2, 0) is 20.2 Å². The van der Waals surface area contributed by atoms with Crippen molar-refractivity contribution in [3.8, 4) is 0 Å². The third-order valence-corrected chi connectivity index (χ3v) is 6.08. The molecule has 7 heteroatoms. The molecule has 1 saturated heterocycles. The van der Waals surface area contributed by atoms with E-state index in [0.29, 0.717) is 26.1 Å². The standard InChI is InChI=1S/C18H19F2NO3S/c19-15-7-4-8-16(20)17(15)25(22,23)21-13-18(9-11-24-12-10-18)14-5-2-1-3-6-14/h1-8,21H,9-13H2. The topological polar surface area (TPSA) is 55.4 Å². The van der Waals surface area contributed by atoms with Gasteiger partial charge in [0.25, 0.3) is 0 Å². The summed E-state index contributed by atoms with van der Waals surface area (Å²) in [6.07, 6.45) is 1.25. The second kappa shape index (κ2) is 7.19. The number of halogens is 2. The fourth-order valence-corrected chi connectivity index (χ4v) is 4.43. The molecule has 2 aromatic rings. The number of ether oxygens (including phenoxy) is 1. The van der Waals surface area contributed by atoms with E-state index in [2.05, 4.69) is 4.72 Å². The summed E-state index contributed by atoms with van der Waals surface area (Å²) in [6.45, 7) is 1.06. The van der Waals surface area contributed by atoms with Crippen LogP contribution in [0, 0.1) is 11.6 Å². The Morgan fingerprint density at radius 1 is 0.960 bits per heavy atom. The predicted octanol–water partition coefficient (Wildman–Crippen LogP) is 2.99. The number of sulfonamides is 1. The lowest BCUT2D eigenvalue weighted by Crippen LogP contribution is -2.44. The maximum absolute atomic E-state index is 13.9. The summed E-state index contributed by atoms with van der Waals surface area (Å²) in [4.78, 5) is -0.940. The molecule has 0 amide bonds. The van der Waals surface area contributed by atoms with E-state index in [4.69, 9.17) is 4.74 Å². The van der Waals surface area contributed by atoms with Crippen LogP contribution in [0.25, 0.3) is 0 Å². The lowest BCUT2D eigenvalue weighted by Gasteiger charge is -2.37. The lowest BCUT2D eigenvalue weighted by atomic mass is 9.74. The van der Waals surface area contributed by atoms with Gasteiger partial charge in [-0.05, 0) is 30.5 Å². The average molecular weight is 367 g/mol. The van der Waals surface area contributed by atoms with Gasteiger partial charge in [0.1, 0.15) is 11.6 Å². The molecule has 3 rings (SSSR count). The maximum atomic E-state index is 13.9. The third-order valence-electron chi connectivity index (χ3n) is 4.62. The van der Waals surface area contributed by atoms with Gasteiger partial charge in [-0.1, -0.05) is 36.4 Å². The molecule has 134 valence electrons. The van der Waals surface area contributed by atoms with Crippen molar-refractivity contribution in [1.82, 2.24) is 4.72 Å². The van der Waals surface area contributed by atoms with Gasteiger partial charge in [-0.2, -0.15) is 0 Å². The SMILES string of the molecule is O=S(=O)(NCC1(c2ccccc2)CCOCC1)c1c(F)cccc1F. The van der Waals surface area contributed by atoms with Gasteiger partial charge in [-0.3, -0.25) is 0 Å². The highest BCUT2D eigenvalue weighted by atomic mass is 32.2. The highest BCUT2D eigenvalue weighted by Gasteiger charge is 2.36. The Kier molecular flexibility index (Phi) is 5.17. The van der Waals surface area contributed by atoms with Crippen molar-refractivity contribution in [1.29, 1.82) is 0 Å². The predicted molar refractivity (Wildman–Crippen MR) is 89.7 cm³/mol. The fourth-order valence-electron chi connectivity index (χ4n) is 3.17. The monoisotopic (exact) mass is 367 g/mol. The van der Waals surface area contributed by atoms with Crippen molar-refractivity contribution >= 4 is 10.0 Å². The minimum atomic E-state index is -4.31. The highest BCUT2D eigenvalue weighted by Crippen LogP contribution is 2.34. The second-order valence-electron chi connectivity index (χ2n) is 6.13. The summed E-state index contributed by atoms with van der Waals surface area (Å²) in [6, 6.07) is 12.5. The van der Waals surface area contributed by atoms with E-state index in [9.17, 15) is 17.2 Å². The first-order valence-corrected chi connectivity index (χ1v) is 9.50. The molecule has 0 saturated carbocycles. The van der Waals surface area contributed by atoms with Gasteiger partial charge in [0, 0.05) is 25.2 Å². The maximum Gasteiger partial charge on any atom is 0.246 e. The quantitative estimate of drug-likeness (QED) is 0.884. The molecule has 0 bridgehead atoms. The van der Waals surface area contributed by atoms with E-state index in [-0.39, 0.29) is 6.54 Å². The van der Waals surface area contributed by atoms with Crippen LogP contribution in [0.1, 0.15) is 18.4 Å². The zero-order valence-electron chi connectivity index (χ0n) is 13.5. The Morgan fingerprint density at radius 3 is 2.16 bits per heavy atom. The number of hydrogen-bond acceptors (Lipinski definition) is 3. The van der Waals surface area contributed by atoms with Crippen molar-refractivity contribution < 1.29 is 21.9 Å². The van der Waals surface area contributed by atoms with E-state index in [0.717, 1.165) is 23.8 Å². The van der Waals surface area contributed by atoms with E-state index >= 15 is 0 Å². The van der Waals surface area contributed by atoms with E-state index in [1.165, 1.54) is 0 Å². The molecule has 2 aromatic carbocycles. The third kappa shape index (κ3) is 3.73. The van der Waals surface area contributed by atoms with E-state index in [1.807, 2.05) is 30.3 Å². The van der Waals surface area contributed by atoms with Crippen molar-refractivity contribution in [2.75, 3.05) is 19.8 Å². The van der Waals surface area contributed by atoms with Crippen LogP contribution in [0.4, 0.5) is 8.78 Å². The molecule has 0 radical (unpaired) electrons. The molecule has 0 aromatic heterocycles. The Balaban J connectivity index is 1.89. The van der Waals surface area contributed by atoms with Crippen LogP contribution in [0.2, 0.25) is 0 Å². The first kappa shape index (κ1) is 18.0. The van der Waals surface area contributed by atoms with Crippen molar-refractivity contribution in [2.45, 2.75) is 23.2 Å². The molecule has 1 aliphatic heterocycles. The first-order valence-electron chi connectivity index (χ1n) is 8.02. The molecule has 0 atom stereocenters. The number of rotatable bonds is 5. The molecule has 1 heterocycles. The lowest BCUT2D eigenvalue weighted by molar-refractivity contribution is 0.0517. The number of nitrogens with one attached hydrogen (secondary N) is 1. The van der Waals surface area contributed by atoms with Crippen molar-refractivity contribution in [2.24, 2.45) is 0 Å². The fraction of sp³-hybridized carbons (Fsp3) is 0.333. The minimum absolute atomic E-state index is 0.0521. The molecule has 1 N–H and O–H groups in total. The number of benzene rings is 2. The van der Waals surface area contributed by atoms with E-state index in [1.54, 1.807) is 0 Å². The van der Waals surface area contributed by atoms with Gasteiger partial charge in [0.05, 0.1) is 0 Å². The van der Waals surface area contributed by atoms with Gasteiger partial charge < -0.3 is 4.74 Å². The Labute approximate surface area is 145 Å². The van der Waals surface area contributed by atoms with Crippen LogP contribution in [0.15, 0.2) is 53.4 Å². The molecule has 0 aliphatic carbocycles. The molecule has 4 nitrogen and oxygen atoms in total. The van der Waals surface area contributed by atoms with E-state index < -0.39 is 32.0 Å². The Hall–Kier alpha value is -1.83. The summed E-state index contributed by atoms with van der Waals surface area (Å²) in [5.41, 5.74) is 0.518. The first-order chi connectivity index (χ1) is 11.9. The molecule has 25 heavy (non-hydrogen) atoms. The molecular weight excluding hydrogens is 348 g/mol. The van der Waals surface area contributed by atoms with Gasteiger partial charge in [-0.15, -0.1) is 0 Å². The minimum Gasteiger partial charge on any atom is -0.381 e.